The first-order chi connectivity index (χ1) is 14.0. The van der Waals surface area contributed by atoms with Crippen molar-refractivity contribution in [3.8, 4) is 11.1 Å². The Balaban J connectivity index is 1.59. The van der Waals surface area contributed by atoms with Crippen molar-refractivity contribution in [1.29, 1.82) is 0 Å². The van der Waals surface area contributed by atoms with Crippen LogP contribution >= 0.6 is 11.6 Å². The van der Waals surface area contributed by atoms with Gasteiger partial charge in [0.05, 0.1) is 5.92 Å². The van der Waals surface area contributed by atoms with E-state index in [1.165, 1.54) is 5.56 Å². The zero-order valence-corrected chi connectivity index (χ0v) is 16.8. The molecule has 148 valence electrons. The molecule has 4 heteroatoms. The summed E-state index contributed by atoms with van der Waals surface area (Å²) in [6.07, 6.45) is 2.06. The summed E-state index contributed by atoms with van der Waals surface area (Å²) >= 11 is 5.92. The third-order valence-corrected chi connectivity index (χ3v) is 5.28. The minimum atomic E-state index is -0.913. The highest BCUT2D eigenvalue weighted by molar-refractivity contribution is 6.30. The Kier molecular flexibility index (Phi) is 7.20. The number of aliphatic carboxylic acids is 1. The van der Waals surface area contributed by atoms with Crippen LogP contribution in [0.4, 0.5) is 0 Å². The van der Waals surface area contributed by atoms with Crippen LogP contribution in [0.15, 0.2) is 78.9 Å². The molecule has 0 radical (unpaired) electrons. The molecular formula is C25H23ClO3. The molecule has 3 aromatic rings. The summed E-state index contributed by atoms with van der Waals surface area (Å²) < 4.78 is 0. The number of ketones is 1. The molecule has 0 aliphatic heterocycles. The Morgan fingerprint density at radius 2 is 1.41 bits per heavy atom. The van der Waals surface area contributed by atoms with Crippen LogP contribution in [0.5, 0.6) is 0 Å². The monoisotopic (exact) mass is 406 g/mol. The predicted octanol–water partition coefficient (Wildman–Crippen LogP) is 6.30. The summed E-state index contributed by atoms with van der Waals surface area (Å²) in [7, 11) is 0. The number of carboxylic acids is 1. The van der Waals surface area contributed by atoms with Gasteiger partial charge in [0.25, 0.3) is 0 Å². The molecule has 1 atom stereocenters. The molecule has 3 aromatic carbocycles. The lowest BCUT2D eigenvalue weighted by Crippen LogP contribution is -2.18. The first kappa shape index (κ1) is 20.8. The van der Waals surface area contributed by atoms with E-state index in [0.717, 1.165) is 24.0 Å². The normalized spacial score (nSPS) is 11.8. The molecule has 29 heavy (non-hydrogen) atoms. The van der Waals surface area contributed by atoms with Crippen molar-refractivity contribution < 1.29 is 14.7 Å². The maximum Gasteiger partial charge on any atom is 0.306 e. The summed E-state index contributed by atoms with van der Waals surface area (Å²) in [6.45, 7) is 0. The molecule has 1 N–H and O–H groups in total. The first-order valence-corrected chi connectivity index (χ1v) is 10.1. The molecule has 0 aliphatic carbocycles. The molecule has 0 spiro atoms. The molecule has 0 saturated heterocycles. The molecule has 0 saturated carbocycles. The summed E-state index contributed by atoms with van der Waals surface area (Å²) in [4.78, 5) is 24.2. The van der Waals surface area contributed by atoms with Gasteiger partial charge in [-0.1, -0.05) is 78.3 Å². The number of benzene rings is 3. The third kappa shape index (κ3) is 6.03. The highest BCUT2D eigenvalue weighted by Crippen LogP contribution is 2.23. The van der Waals surface area contributed by atoms with Crippen molar-refractivity contribution in [2.45, 2.75) is 25.7 Å². The van der Waals surface area contributed by atoms with E-state index >= 15 is 0 Å². The van der Waals surface area contributed by atoms with Gasteiger partial charge in [-0.25, -0.2) is 0 Å². The highest BCUT2D eigenvalue weighted by atomic mass is 35.5. The van der Waals surface area contributed by atoms with Crippen LogP contribution in [0.2, 0.25) is 5.02 Å². The van der Waals surface area contributed by atoms with Crippen LogP contribution in [0.25, 0.3) is 11.1 Å². The van der Waals surface area contributed by atoms with E-state index in [9.17, 15) is 14.7 Å². The number of rotatable bonds is 9. The van der Waals surface area contributed by atoms with Gasteiger partial charge >= 0.3 is 5.97 Å². The second-order valence-corrected chi connectivity index (χ2v) is 7.56. The number of carbonyl (C=O) groups is 2. The third-order valence-electron chi connectivity index (χ3n) is 5.03. The van der Waals surface area contributed by atoms with Gasteiger partial charge in [0.2, 0.25) is 0 Å². The fourth-order valence-electron chi connectivity index (χ4n) is 3.34. The van der Waals surface area contributed by atoms with Crippen LogP contribution in [0.3, 0.4) is 0 Å². The number of Topliss-reactive ketones (excluding diaryl/α,β-unsaturated/α-hetero) is 1. The lowest BCUT2D eigenvalue weighted by molar-refractivity contribution is -0.141. The van der Waals surface area contributed by atoms with E-state index in [1.54, 1.807) is 12.1 Å². The zero-order valence-electron chi connectivity index (χ0n) is 16.1. The average molecular weight is 407 g/mol. The zero-order chi connectivity index (χ0) is 20.6. The second-order valence-electron chi connectivity index (χ2n) is 7.12. The standard InChI is InChI=1S/C25H23ClO3/c26-23-15-13-20(14-16-23)19-9-11-21(12-10-19)24(27)17-22(25(28)29)8-4-7-18-5-2-1-3-6-18/h1-3,5-6,9-16,22H,4,7-8,17H2,(H,28,29)/t22-/m1/s1. The number of aryl methyl sites for hydroxylation is 1. The van der Waals surface area contributed by atoms with Crippen LogP contribution in [-0.2, 0) is 11.2 Å². The van der Waals surface area contributed by atoms with E-state index in [4.69, 9.17) is 11.6 Å². The van der Waals surface area contributed by atoms with Crippen LogP contribution in [0, 0.1) is 5.92 Å². The minimum Gasteiger partial charge on any atom is -0.481 e. The Morgan fingerprint density at radius 3 is 2.00 bits per heavy atom. The van der Waals surface area contributed by atoms with Crippen molar-refractivity contribution >= 4 is 23.4 Å². The van der Waals surface area contributed by atoms with Gasteiger partial charge in [-0.2, -0.15) is 0 Å². The Morgan fingerprint density at radius 1 is 0.828 bits per heavy atom. The van der Waals surface area contributed by atoms with E-state index in [-0.39, 0.29) is 12.2 Å². The van der Waals surface area contributed by atoms with E-state index in [2.05, 4.69) is 0 Å². The number of halogens is 1. The quantitative estimate of drug-likeness (QED) is 0.424. The van der Waals surface area contributed by atoms with Crippen LogP contribution in [-0.4, -0.2) is 16.9 Å². The highest BCUT2D eigenvalue weighted by Gasteiger charge is 2.21. The van der Waals surface area contributed by atoms with Crippen LogP contribution < -0.4 is 0 Å². The average Bonchev–Trinajstić information content (AvgIpc) is 2.74. The molecule has 3 nitrogen and oxygen atoms in total. The Bertz CT molecular complexity index is 948. The maximum absolute atomic E-state index is 12.6. The van der Waals surface area contributed by atoms with E-state index in [1.807, 2.05) is 66.7 Å². The van der Waals surface area contributed by atoms with Gasteiger partial charge in [0.1, 0.15) is 0 Å². The molecule has 0 aromatic heterocycles. The fraction of sp³-hybridized carbons (Fsp3) is 0.200. The van der Waals surface area contributed by atoms with Crippen molar-refractivity contribution in [3.63, 3.8) is 0 Å². The summed E-state index contributed by atoms with van der Waals surface area (Å²) in [5, 5.41) is 10.2. The lowest BCUT2D eigenvalue weighted by Gasteiger charge is -2.12. The molecule has 0 aliphatic rings. The summed E-state index contributed by atoms with van der Waals surface area (Å²) in [5.41, 5.74) is 3.71. The molecule has 0 heterocycles. The number of hydrogen-bond acceptors (Lipinski definition) is 2. The summed E-state index contributed by atoms with van der Waals surface area (Å²) in [6, 6.07) is 24.7. The Hall–Kier alpha value is -2.91. The molecule has 3 rings (SSSR count). The number of carboxylic acid groups (broad SMARTS) is 1. The lowest BCUT2D eigenvalue weighted by atomic mass is 9.92. The van der Waals surface area contributed by atoms with Gasteiger partial charge in [-0.3, -0.25) is 9.59 Å². The molecule has 0 bridgehead atoms. The van der Waals surface area contributed by atoms with Gasteiger partial charge in [0.15, 0.2) is 5.78 Å². The topological polar surface area (TPSA) is 54.4 Å². The number of carbonyl (C=O) groups excluding carboxylic acids is 1. The number of hydrogen-bond donors (Lipinski definition) is 1. The molecule has 0 fully saturated rings. The minimum absolute atomic E-state index is 0.0183. The second kappa shape index (κ2) is 10.0. The van der Waals surface area contributed by atoms with E-state index in [0.29, 0.717) is 17.0 Å². The van der Waals surface area contributed by atoms with Gasteiger partial charge in [-0.15, -0.1) is 0 Å². The van der Waals surface area contributed by atoms with Crippen molar-refractivity contribution in [2.75, 3.05) is 0 Å². The summed E-state index contributed by atoms with van der Waals surface area (Å²) in [5.74, 6) is -1.72. The van der Waals surface area contributed by atoms with Crippen molar-refractivity contribution in [2.24, 2.45) is 5.92 Å². The predicted molar refractivity (Wildman–Crippen MR) is 116 cm³/mol. The molecule has 0 unspecified atom stereocenters. The van der Waals surface area contributed by atoms with Gasteiger partial charge in [-0.05, 0) is 48.1 Å². The van der Waals surface area contributed by atoms with Crippen LogP contribution in [0.1, 0.15) is 35.2 Å². The SMILES string of the molecule is O=C(C[C@@H](CCCc1ccccc1)C(=O)O)c1ccc(-c2ccc(Cl)cc2)cc1. The largest absolute Gasteiger partial charge is 0.481 e. The maximum atomic E-state index is 12.6. The van der Waals surface area contributed by atoms with Crippen molar-refractivity contribution in [1.82, 2.24) is 0 Å². The molecule has 0 amide bonds. The fourth-order valence-corrected chi connectivity index (χ4v) is 3.47. The smallest absolute Gasteiger partial charge is 0.306 e. The van der Waals surface area contributed by atoms with E-state index < -0.39 is 11.9 Å². The Labute approximate surface area is 176 Å². The first-order valence-electron chi connectivity index (χ1n) is 9.69. The molecular weight excluding hydrogens is 384 g/mol. The van der Waals surface area contributed by atoms with Gasteiger partial charge in [0, 0.05) is 17.0 Å². The van der Waals surface area contributed by atoms with Gasteiger partial charge < -0.3 is 5.11 Å². The van der Waals surface area contributed by atoms with Crippen molar-refractivity contribution in [3.05, 3.63) is 95.0 Å².